The van der Waals surface area contributed by atoms with Gasteiger partial charge in [-0.3, -0.25) is 4.79 Å². The molecule has 1 aliphatic rings. The number of para-hydroxylation sites is 1. The minimum absolute atomic E-state index is 0.0122. The number of pyridine rings is 1. The van der Waals surface area contributed by atoms with E-state index in [4.69, 9.17) is 9.47 Å². The number of amides is 1. The third-order valence-electron chi connectivity index (χ3n) is 5.46. The molecule has 1 aliphatic carbocycles. The number of halogens is 3. The van der Waals surface area contributed by atoms with Crippen molar-refractivity contribution in [3.05, 3.63) is 84.1 Å². The molecule has 172 valence electrons. The summed E-state index contributed by atoms with van der Waals surface area (Å²) >= 11 is 0. The molecule has 1 heterocycles. The van der Waals surface area contributed by atoms with Gasteiger partial charge >= 0.3 is 6.18 Å². The first kappa shape index (κ1) is 22.6. The molecule has 4 rings (SSSR count). The predicted molar refractivity (Wildman–Crippen MR) is 116 cm³/mol. The zero-order valence-electron chi connectivity index (χ0n) is 17.7. The molecule has 0 atom stereocenters. The van der Waals surface area contributed by atoms with Crippen molar-refractivity contribution in [3.63, 3.8) is 0 Å². The molecule has 0 radical (unpaired) electrons. The molecular formula is C25H23F3N2O3. The number of carbonyl (C=O) groups excluding carboxylic acids is 1. The van der Waals surface area contributed by atoms with Crippen molar-refractivity contribution < 1.29 is 27.4 Å². The third kappa shape index (κ3) is 6.25. The summed E-state index contributed by atoms with van der Waals surface area (Å²) in [6.07, 6.45) is -1.00. The van der Waals surface area contributed by atoms with Gasteiger partial charge in [0.25, 0.3) is 5.91 Å². The van der Waals surface area contributed by atoms with E-state index in [2.05, 4.69) is 10.3 Å². The molecule has 0 bridgehead atoms. The normalized spacial score (nSPS) is 18.4. The molecule has 1 fully saturated rings. The molecule has 1 aromatic heterocycles. The number of alkyl halides is 3. The molecule has 5 nitrogen and oxygen atoms in total. The van der Waals surface area contributed by atoms with Crippen LogP contribution in [0.5, 0.6) is 17.4 Å². The SMILES string of the molecule is O=C(NC1CCC(Oc2ccc(C(F)(F)F)cn2)CC1)c1ccc(Oc2ccccc2)cc1. The van der Waals surface area contributed by atoms with Crippen molar-refractivity contribution in [1.82, 2.24) is 10.3 Å². The zero-order chi connectivity index (χ0) is 23.3. The Bertz CT molecular complexity index is 1050. The Balaban J connectivity index is 1.23. The third-order valence-corrected chi connectivity index (χ3v) is 5.46. The molecule has 2 aromatic carbocycles. The highest BCUT2D eigenvalue weighted by Gasteiger charge is 2.31. The summed E-state index contributed by atoms with van der Waals surface area (Å²) in [5.41, 5.74) is -0.260. The number of aromatic nitrogens is 1. The van der Waals surface area contributed by atoms with Crippen LogP contribution in [0, 0.1) is 0 Å². The van der Waals surface area contributed by atoms with E-state index in [9.17, 15) is 18.0 Å². The van der Waals surface area contributed by atoms with Gasteiger partial charge in [-0.25, -0.2) is 4.98 Å². The Hall–Kier alpha value is -3.55. The Morgan fingerprint density at radius 2 is 1.55 bits per heavy atom. The van der Waals surface area contributed by atoms with Gasteiger partial charge in [0, 0.05) is 23.9 Å². The molecule has 0 aliphatic heterocycles. The quantitative estimate of drug-likeness (QED) is 0.493. The monoisotopic (exact) mass is 456 g/mol. The van der Waals surface area contributed by atoms with E-state index in [1.165, 1.54) is 6.07 Å². The van der Waals surface area contributed by atoms with E-state index in [0.717, 1.165) is 18.0 Å². The lowest BCUT2D eigenvalue weighted by Crippen LogP contribution is -2.39. The van der Waals surface area contributed by atoms with Crippen molar-refractivity contribution in [2.45, 2.75) is 44.0 Å². The maximum atomic E-state index is 12.6. The van der Waals surface area contributed by atoms with E-state index in [1.807, 2.05) is 30.3 Å². The van der Waals surface area contributed by atoms with Crippen LogP contribution in [0.25, 0.3) is 0 Å². The summed E-state index contributed by atoms with van der Waals surface area (Å²) in [6, 6.07) is 18.6. The number of hydrogen-bond acceptors (Lipinski definition) is 4. The number of rotatable bonds is 6. The van der Waals surface area contributed by atoms with Crippen molar-refractivity contribution in [1.29, 1.82) is 0 Å². The van der Waals surface area contributed by atoms with Crippen LogP contribution in [0.15, 0.2) is 72.9 Å². The van der Waals surface area contributed by atoms with Crippen LogP contribution in [-0.4, -0.2) is 23.0 Å². The maximum absolute atomic E-state index is 12.6. The maximum Gasteiger partial charge on any atom is 0.417 e. The van der Waals surface area contributed by atoms with E-state index < -0.39 is 11.7 Å². The van der Waals surface area contributed by atoms with Gasteiger partial charge in [-0.15, -0.1) is 0 Å². The van der Waals surface area contributed by atoms with Crippen LogP contribution >= 0.6 is 0 Å². The Morgan fingerprint density at radius 3 is 2.15 bits per heavy atom. The van der Waals surface area contributed by atoms with Crippen LogP contribution < -0.4 is 14.8 Å². The standard InChI is InChI=1S/C25H23F3N2O3/c26-25(27,28)18-8-15-23(29-16-18)33-22-13-9-19(10-14-22)30-24(31)17-6-11-21(12-7-17)32-20-4-2-1-3-5-20/h1-8,11-12,15-16,19,22H,9-10,13-14H2,(H,30,31). The lowest BCUT2D eigenvalue weighted by molar-refractivity contribution is -0.137. The van der Waals surface area contributed by atoms with E-state index >= 15 is 0 Å². The molecule has 0 spiro atoms. The lowest BCUT2D eigenvalue weighted by Gasteiger charge is -2.29. The average molecular weight is 456 g/mol. The van der Waals surface area contributed by atoms with Crippen molar-refractivity contribution in [2.75, 3.05) is 0 Å². The number of carbonyl (C=O) groups is 1. The number of nitrogens with one attached hydrogen (secondary N) is 1. The Labute approximate surface area is 189 Å². The fourth-order valence-electron chi connectivity index (χ4n) is 3.68. The highest BCUT2D eigenvalue weighted by Crippen LogP contribution is 2.30. The zero-order valence-corrected chi connectivity index (χ0v) is 17.7. The average Bonchev–Trinajstić information content (AvgIpc) is 2.81. The van der Waals surface area contributed by atoms with E-state index in [1.54, 1.807) is 24.3 Å². The van der Waals surface area contributed by atoms with E-state index in [0.29, 0.717) is 37.0 Å². The number of nitrogens with zero attached hydrogens (tertiary/aromatic N) is 1. The topological polar surface area (TPSA) is 60.5 Å². The minimum atomic E-state index is -4.42. The molecular weight excluding hydrogens is 433 g/mol. The van der Waals surface area contributed by atoms with Gasteiger partial charge in [0.15, 0.2) is 0 Å². The molecule has 0 unspecified atom stereocenters. The summed E-state index contributed by atoms with van der Waals surface area (Å²) in [7, 11) is 0. The number of hydrogen-bond donors (Lipinski definition) is 1. The summed E-state index contributed by atoms with van der Waals surface area (Å²) in [4.78, 5) is 16.3. The largest absolute Gasteiger partial charge is 0.474 e. The number of ether oxygens (including phenoxy) is 2. The van der Waals surface area contributed by atoms with Crippen LogP contribution in [0.4, 0.5) is 13.2 Å². The second-order valence-electron chi connectivity index (χ2n) is 7.89. The second-order valence-corrected chi connectivity index (χ2v) is 7.89. The molecule has 3 aromatic rings. The van der Waals surface area contributed by atoms with Crippen LogP contribution in [0.2, 0.25) is 0 Å². The molecule has 1 amide bonds. The first-order valence-electron chi connectivity index (χ1n) is 10.7. The highest BCUT2D eigenvalue weighted by atomic mass is 19.4. The summed E-state index contributed by atoms with van der Waals surface area (Å²) < 4.78 is 49.4. The number of benzene rings is 2. The Kier molecular flexibility index (Phi) is 6.82. The van der Waals surface area contributed by atoms with Gasteiger partial charge in [0.2, 0.25) is 5.88 Å². The van der Waals surface area contributed by atoms with Crippen molar-refractivity contribution in [2.24, 2.45) is 0 Å². The van der Waals surface area contributed by atoms with Crippen molar-refractivity contribution >= 4 is 5.91 Å². The molecule has 33 heavy (non-hydrogen) atoms. The van der Waals surface area contributed by atoms with Gasteiger partial charge in [-0.05, 0) is 68.1 Å². The fraction of sp³-hybridized carbons (Fsp3) is 0.280. The predicted octanol–water partition coefficient (Wildman–Crippen LogP) is 6.01. The van der Waals surface area contributed by atoms with Crippen LogP contribution in [0.1, 0.15) is 41.6 Å². The smallest absolute Gasteiger partial charge is 0.417 e. The molecule has 1 N–H and O–H groups in total. The van der Waals surface area contributed by atoms with Crippen LogP contribution in [0.3, 0.4) is 0 Å². The summed E-state index contributed by atoms with van der Waals surface area (Å²) in [5, 5.41) is 3.04. The van der Waals surface area contributed by atoms with Gasteiger partial charge in [0.1, 0.15) is 17.6 Å². The summed E-state index contributed by atoms with van der Waals surface area (Å²) in [5.74, 6) is 1.38. The van der Waals surface area contributed by atoms with Crippen LogP contribution in [-0.2, 0) is 6.18 Å². The van der Waals surface area contributed by atoms with Gasteiger partial charge in [-0.1, -0.05) is 18.2 Å². The second kappa shape index (κ2) is 9.94. The van der Waals surface area contributed by atoms with Gasteiger partial charge < -0.3 is 14.8 Å². The first-order valence-corrected chi connectivity index (χ1v) is 10.7. The highest BCUT2D eigenvalue weighted by molar-refractivity contribution is 5.94. The summed E-state index contributed by atoms with van der Waals surface area (Å²) in [6.45, 7) is 0. The molecule has 0 saturated heterocycles. The van der Waals surface area contributed by atoms with Gasteiger partial charge in [0.05, 0.1) is 5.56 Å². The lowest BCUT2D eigenvalue weighted by atomic mass is 9.92. The molecule has 8 heteroatoms. The van der Waals surface area contributed by atoms with Crippen molar-refractivity contribution in [3.8, 4) is 17.4 Å². The fourth-order valence-corrected chi connectivity index (χ4v) is 3.68. The van der Waals surface area contributed by atoms with E-state index in [-0.39, 0.29) is 23.9 Å². The Morgan fingerprint density at radius 1 is 0.879 bits per heavy atom. The first-order chi connectivity index (χ1) is 15.9. The molecule has 1 saturated carbocycles. The minimum Gasteiger partial charge on any atom is -0.474 e. The van der Waals surface area contributed by atoms with Gasteiger partial charge in [-0.2, -0.15) is 13.2 Å².